The fraction of sp³-hybridized carbons (Fsp3) is 0. The summed E-state index contributed by atoms with van der Waals surface area (Å²) in [5, 5.41) is 7.85. The number of aromatic amines is 1. The molecule has 0 radical (unpaired) electrons. The normalized spacial score (nSPS) is 10.7. The van der Waals surface area contributed by atoms with Crippen molar-refractivity contribution in [1.29, 1.82) is 0 Å². The fourth-order valence-electron chi connectivity index (χ4n) is 3.36. The van der Waals surface area contributed by atoms with Gasteiger partial charge in [0.1, 0.15) is 11.5 Å². The van der Waals surface area contributed by atoms with Gasteiger partial charge in [-0.3, -0.25) is 10.1 Å². The number of hydrogen-bond acceptors (Lipinski definition) is 5. The first-order chi connectivity index (χ1) is 15.2. The number of para-hydroxylation sites is 1. The number of fused-ring (bicyclic) bond motifs is 1. The van der Waals surface area contributed by atoms with Gasteiger partial charge >= 0.3 is 0 Å². The SMILES string of the molecule is [C-]#[N+]c1cncc(-c2cc3[nH]nc(N)c3c(-c3ccc(Oc4ccccc4)cc3)n2)c1. The largest absolute Gasteiger partial charge is 0.457 e. The van der Waals surface area contributed by atoms with E-state index in [2.05, 4.69) is 20.0 Å². The first-order valence-corrected chi connectivity index (χ1v) is 9.52. The van der Waals surface area contributed by atoms with Gasteiger partial charge in [0.25, 0.3) is 0 Å². The summed E-state index contributed by atoms with van der Waals surface area (Å²) in [6.07, 6.45) is 3.21. The number of rotatable bonds is 4. The van der Waals surface area contributed by atoms with Gasteiger partial charge < -0.3 is 10.5 Å². The van der Waals surface area contributed by atoms with E-state index < -0.39 is 0 Å². The van der Waals surface area contributed by atoms with Crippen LogP contribution in [0.15, 0.2) is 79.1 Å². The minimum atomic E-state index is 0.377. The van der Waals surface area contributed by atoms with Crippen LogP contribution >= 0.6 is 0 Å². The molecule has 3 heterocycles. The van der Waals surface area contributed by atoms with Gasteiger partial charge in [-0.1, -0.05) is 18.2 Å². The van der Waals surface area contributed by atoms with Gasteiger partial charge in [0.05, 0.1) is 28.9 Å². The Morgan fingerprint density at radius 3 is 2.45 bits per heavy atom. The van der Waals surface area contributed by atoms with E-state index in [1.54, 1.807) is 12.3 Å². The van der Waals surface area contributed by atoms with Crippen molar-refractivity contribution in [2.45, 2.75) is 0 Å². The lowest BCUT2D eigenvalue weighted by Crippen LogP contribution is -1.93. The molecule has 0 aliphatic heterocycles. The van der Waals surface area contributed by atoms with Crippen molar-refractivity contribution < 1.29 is 4.74 Å². The minimum Gasteiger partial charge on any atom is -0.457 e. The van der Waals surface area contributed by atoms with Crippen molar-refractivity contribution in [3.63, 3.8) is 0 Å². The van der Waals surface area contributed by atoms with E-state index in [0.29, 0.717) is 22.9 Å². The van der Waals surface area contributed by atoms with Gasteiger partial charge in [-0.15, -0.1) is 0 Å². The predicted molar refractivity (Wildman–Crippen MR) is 120 cm³/mol. The van der Waals surface area contributed by atoms with Crippen molar-refractivity contribution in [3.05, 3.63) is 90.5 Å². The maximum absolute atomic E-state index is 7.23. The third kappa shape index (κ3) is 3.54. The molecule has 7 nitrogen and oxygen atoms in total. The van der Waals surface area contributed by atoms with Crippen LogP contribution in [0.4, 0.5) is 11.5 Å². The van der Waals surface area contributed by atoms with E-state index in [0.717, 1.165) is 33.5 Å². The summed E-state index contributed by atoms with van der Waals surface area (Å²) in [5.41, 5.74) is 10.3. The van der Waals surface area contributed by atoms with Crippen LogP contribution in [-0.4, -0.2) is 20.2 Å². The zero-order valence-corrected chi connectivity index (χ0v) is 16.3. The molecule has 0 amide bonds. The first-order valence-electron chi connectivity index (χ1n) is 9.52. The molecule has 7 heteroatoms. The highest BCUT2D eigenvalue weighted by Crippen LogP contribution is 2.34. The molecular formula is C24H16N6O. The fourth-order valence-corrected chi connectivity index (χ4v) is 3.36. The summed E-state index contributed by atoms with van der Waals surface area (Å²) in [6.45, 7) is 7.23. The topological polar surface area (TPSA) is 94.1 Å². The zero-order chi connectivity index (χ0) is 21.2. The molecule has 148 valence electrons. The molecule has 0 aliphatic rings. The molecule has 0 saturated heterocycles. The van der Waals surface area contributed by atoms with E-state index in [9.17, 15) is 0 Å². The number of pyridine rings is 2. The van der Waals surface area contributed by atoms with Crippen molar-refractivity contribution in [2.75, 3.05) is 5.73 Å². The van der Waals surface area contributed by atoms with E-state index in [4.69, 9.17) is 22.0 Å². The second-order valence-electron chi connectivity index (χ2n) is 6.87. The van der Waals surface area contributed by atoms with Gasteiger partial charge in [-0.2, -0.15) is 5.10 Å². The molecule has 5 aromatic rings. The Balaban J connectivity index is 1.58. The van der Waals surface area contributed by atoms with E-state index in [1.165, 1.54) is 6.20 Å². The monoisotopic (exact) mass is 404 g/mol. The zero-order valence-electron chi connectivity index (χ0n) is 16.3. The van der Waals surface area contributed by atoms with Crippen LogP contribution in [0.5, 0.6) is 11.5 Å². The van der Waals surface area contributed by atoms with Gasteiger partial charge in [-0.25, -0.2) is 9.83 Å². The Kier molecular flexibility index (Phi) is 4.50. The van der Waals surface area contributed by atoms with Crippen LogP contribution in [0.2, 0.25) is 0 Å². The van der Waals surface area contributed by atoms with Crippen molar-refractivity contribution in [3.8, 4) is 34.0 Å². The van der Waals surface area contributed by atoms with E-state index in [-0.39, 0.29) is 0 Å². The number of anilines is 1. The molecule has 31 heavy (non-hydrogen) atoms. The average molecular weight is 404 g/mol. The Bertz CT molecular complexity index is 1420. The summed E-state index contributed by atoms with van der Waals surface area (Å²) in [6, 6.07) is 20.9. The van der Waals surface area contributed by atoms with Crippen LogP contribution < -0.4 is 10.5 Å². The van der Waals surface area contributed by atoms with Crippen LogP contribution in [-0.2, 0) is 0 Å². The summed E-state index contributed by atoms with van der Waals surface area (Å²) < 4.78 is 5.88. The molecule has 5 rings (SSSR count). The van der Waals surface area contributed by atoms with Gasteiger partial charge in [0.2, 0.25) is 5.69 Å². The van der Waals surface area contributed by atoms with Gasteiger partial charge in [-0.05, 0) is 48.5 Å². The first kappa shape index (κ1) is 18.3. The molecule has 0 atom stereocenters. The second-order valence-corrected chi connectivity index (χ2v) is 6.87. The highest BCUT2D eigenvalue weighted by molar-refractivity contribution is 6.01. The van der Waals surface area contributed by atoms with E-state index in [1.807, 2.05) is 60.7 Å². The lowest BCUT2D eigenvalue weighted by atomic mass is 10.0. The lowest BCUT2D eigenvalue weighted by molar-refractivity contribution is 0.483. The molecular weight excluding hydrogens is 388 g/mol. The Hall–Kier alpha value is -4.70. The second kappa shape index (κ2) is 7.61. The number of benzene rings is 2. The average Bonchev–Trinajstić information content (AvgIpc) is 3.20. The third-order valence-electron chi connectivity index (χ3n) is 4.83. The standard InChI is InChI=1S/C24H16N6O/c1-26-17-11-16(13-27-14-17)20-12-21-22(24(25)30-29-21)23(28-20)15-7-9-19(10-8-15)31-18-5-3-2-4-6-18/h2-14H,(H3,25,29,30). The van der Waals surface area contributed by atoms with Crippen molar-refractivity contribution >= 4 is 22.4 Å². The number of aromatic nitrogens is 4. The van der Waals surface area contributed by atoms with Gasteiger partial charge in [0, 0.05) is 23.5 Å². The lowest BCUT2D eigenvalue weighted by Gasteiger charge is -2.10. The Labute approximate surface area is 178 Å². The van der Waals surface area contributed by atoms with Crippen LogP contribution in [0.3, 0.4) is 0 Å². The van der Waals surface area contributed by atoms with Crippen molar-refractivity contribution in [1.82, 2.24) is 20.2 Å². The van der Waals surface area contributed by atoms with Crippen LogP contribution in [0, 0.1) is 6.57 Å². The molecule has 0 unspecified atom stereocenters. The molecule has 3 N–H and O–H groups in total. The van der Waals surface area contributed by atoms with Gasteiger partial charge in [0.15, 0.2) is 5.82 Å². The summed E-state index contributed by atoms with van der Waals surface area (Å²) in [5.74, 6) is 1.86. The number of hydrogen-bond donors (Lipinski definition) is 2. The maximum atomic E-state index is 7.23. The summed E-state index contributed by atoms with van der Waals surface area (Å²) in [4.78, 5) is 12.4. The van der Waals surface area contributed by atoms with Crippen LogP contribution in [0.25, 0.3) is 38.3 Å². The molecule has 3 aromatic heterocycles. The molecule has 2 aromatic carbocycles. The smallest absolute Gasteiger partial charge is 0.205 e. The van der Waals surface area contributed by atoms with E-state index >= 15 is 0 Å². The highest BCUT2D eigenvalue weighted by atomic mass is 16.5. The molecule has 0 bridgehead atoms. The number of nitrogen functional groups attached to an aromatic ring is 1. The Morgan fingerprint density at radius 2 is 1.68 bits per heavy atom. The summed E-state index contributed by atoms with van der Waals surface area (Å²) >= 11 is 0. The molecule has 0 fully saturated rings. The Morgan fingerprint density at radius 1 is 0.903 bits per heavy atom. The molecule has 0 saturated carbocycles. The van der Waals surface area contributed by atoms with Crippen molar-refractivity contribution in [2.24, 2.45) is 0 Å². The maximum Gasteiger partial charge on any atom is 0.205 e. The highest BCUT2D eigenvalue weighted by Gasteiger charge is 2.15. The number of nitrogens with one attached hydrogen (secondary N) is 1. The number of H-pyrrole nitrogens is 1. The number of nitrogens with two attached hydrogens (primary N) is 1. The molecule has 0 spiro atoms. The predicted octanol–water partition coefficient (Wildman–Crippen LogP) is 5.61. The molecule has 0 aliphatic carbocycles. The number of ether oxygens (including phenoxy) is 1. The van der Waals surface area contributed by atoms with Crippen LogP contribution in [0.1, 0.15) is 0 Å². The third-order valence-corrected chi connectivity index (χ3v) is 4.83. The quantitative estimate of drug-likeness (QED) is 0.380. The minimum absolute atomic E-state index is 0.377. The number of nitrogens with zero attached hydrogens (tertiary/aromatic N) is 4. The summed E-state index contributed by atoms with van der Waals surface area (Å²) in [7, 11) is 0.